The number of rotatable bonds is 10. The Morgan fingerprint density at radius 2 is 2.10 bits per heavy atom. The first-order valence-electron chi connectivity index (χ1n) is 14.7. The fourth-order valence-electron chi connectivity index (χ4n) is 7.06. The first kappa shape index (κ1) is 28.6. The van der Waals surface area contributed by atoms with Crippen LogP contribution in [0.5, 0.6) is 0 Å². The minimum absolute atomic E-state index is 0.00309. The molecule has 1 amide bonds. The largest absolute Gasteiger partial charge is 0.443 e. The van der Waals surface area contributed by atoms with Crippen LogP contribution >= 0.6 is 0 Å². The van der Waals surface area contributed by atoms with Crippen molar-refractivity contribution in [3.8, 4) is 0 Å². The predicted octanol–water partition coefficient (Wildman–Crippen LogP) is 4.33. The molecule has 0 bridgehead atoms. The van der Waals surface area contributed by atoms with Crippen LogP contribution in [0.2, 0.25) is 0 Å². The number of imidazole rings is 1. The van der Waals surface area contributed by atoms with Gasteiger partial charge in [0.2, 0.25) is 0 Å². The fraction of sp³-hybridized carbons (Fsp3) is 0.800. The molecular formula is C30H48N4O5. The zero-order chi connectivity index (χ0) is 27.9. The molecule has 3 aliphatic heterocycles. The monoisotopic (exact) mass is 544 g/mol. The maximum absolute atomic E-state index is 13.3. The molecule has 4 fully saturated rings. The Balaban J connectivity index is 1.23. The number of hydrogen-bond acceptors (Lipinski definition) is 7. The Bertz CT molecular complexity index is 1050. The van der Waals surface area contributed by atoms with Gasteiger partial charge < -0.3 is 33.7 Å². The van der Waals surface area contributed by atoms with Crippen LogP contribution in [-0.2, 0) is 25.5 Å². The summed E-state index contributed by atoms with van der Waals surface area (Å²) in [5.41, 5.74) is 1.55. The third-order valence-electron chi connectivity index (χ3n) is 9.37. The molecule has 9 nitrogen and oxygen atoms in total. The van der Waals surface area contributed by atoms with Crippen molar-refractivity contribution in [2.24, 2.45) is 17.8 Å². The van der Waals surface area contributed by atoms with E-state index in [1.807, 2.05) is 6.33 Å². The summed E-state index contributed by atoms with van der Waals surface area (Å²) in [6, 6.07) is -0.235. The number of methoxy groups -OCH3 is 1. The number of allylic oxidation sites excluding steroid dienone is 1. The highest BCUT2D eigenvalue weighted by Crippen LogP contribution is 2.59. The average molecular weight is 545 g/mol. The molecule has 1 N–H and O–H groups in total. The van der Waals surface area contributed by atoms with E-state index in [1.54, 1.807) is 7.11 Å². The molecule has 9 heteroatoms. The lowest BCUT2D eigenvalue weighted by atomic mass is 9.68. The molecule has 4 heterocycles. The maximum atomic E-state index is 13.3. The molecule has 8 atom stereocenters. The Morgan fingerprint density at radius 3 is 2.72 bits per heavy atom. The number of likely N-dealkylation sites (tertiary alicyclic amines) is 1. The molecule has 4 aliphatic rings. The second-order valence-electron chi connectivity index (χ2n) is 13.1. The fourth-order valence-corrected chi connectivity index (χ4v) is 7.06. The van der Waals surface area contributed by atoms with Crippen molar-refractivity contribution in [1.82, 2.24) is 19.8 Å². The average Bonchev–Trinajstić information content (AvgIpc) is 3.66. The summed E-state index contributed by atoms with van der Waals surface area (Å²) in [6.07, 6.45) is 8.82. The van der Waals surface area contributed by atoms with Crippen molar-refractivity contribution in [3.05, 3.63) is 29.9 Å². The Hall–Kier alpha value is -1.94. The molecular weight excluding hydrogens is 496 g/mol. The Morgan fingerprint density at radius 1 is 1.33 bits per heavy atom. The van der Waals surface area contributed by atoms with Crippen LogP contribution in [0, 0.1) is 17.8 Å². The van der Waals surface area contributed by atoms with E-state index in [9.17, 15) is 4.79 Å². The first-order valence-corrected chi connectivity index (χ1v) is 14.7. The van der Waals surface area contributed by atoms with E-state index in [0.717, 1.165) is 38.2 Å². The standard InChI is InChI=1S/C30H48N4O5/c1-19(2)8-9-24-29(5,39-24)27-26(36-7)23(10-12-30(27)17-37-30)38-28(35)32-25(20(3)4)22-16-34(18-31-22)15-21-11-13-33(6)14-21/h8,16,18,20-21,23-27H,9-15,17H2,1-7H3,(H,32,35)/t21-,23+,24+,25+,26+,27+,29-,30-/m0/s1. The molecule has 0 aromatic carbocycles. The molecule has 0 unspecified atom stereocenters. The summed E-state index contributed by atoms with van der Waals surface area (Å²) in [4.78, 5) is 20.3. The van der Waals surface area contributed by atoms with Gasteiger partial charge in [-0.25, -0.2) is 9.78 Å². The van der Waals surface area contributed by atoms with Crippen LogP contribution in [0.15, 0.2) is 24.2 Å². The first-order chi connectivity index (χ1) is 18.5. The van der Waals surface area contributed by atoms with Gasteiger partial charge in [-0.05, 0) is 71.9 Å². The highest BCUT2D eigenvalue weighted by molar-refractivity contribution is 5.68. The zero-order valence-corrected chi connectivity index (χ0v) is 24.8. The zero-order valence-electron chi connectivity index (χ0n) is 24.8. The summed E-state index contributed by atoms with van der Waals surface area (Å²) in [6.45, 7) is 14.5. The number of carbonyl (C=O) groups excluding carboxylic acids is 1. The van der Waals surface area contributed by atoms with E-state index in [4.69, 9.17) is 18.9 Å². The number of aromatic nitrogens is 2. The molecule has 5 rings (SSSR count). The summed E-state index contributed by atoms with van der Waals surface area (Å²) >= 11 is 0. The van der Waals surface area contributed by atoms with E-state index in [2.05, 4.69) is 73.7 Å². The minimum Gasteiger partial charge on any atom is -0.443 e. The van der Waals surface area contributed by atoms with Gasteiger partial charge in [0.1, 0.15) is 23.4 Å². The molecule has 3 saturated heterocycles. The Labute approximate surface area is 233 Å². The lowest BCUT2D eigenvalue weighted by Crippen LogP contribution is -2.56. The lowest BCUT2D eigenvalue weighted by Gasteiger charge is -2.42. The van der Waals surface area contributed by atoms with Crippen LogP contribution < -0.4 is 5.32 Å². The van der Waals surface area contributed by atoms with Crippen molar-refractivity contribution in [3.63, 3.8) is 0 Å². The van der Waals surface area contributed by atoms with Gasteiger partial charge in [-0.1, -0.05) is 25.5 Å². The van der Waals surface area contributed by atoms with Crippen LogP contribution in [0.3, 0.4) is 0 Å². The van der Waals surface area contributed by atoms with Gasteiger partial charge in [0.05, 0.1) is 36.7 Å². The number of nitrogens with zero attached hydrogens (tertiary/aromatic N) is 3. The minimum atomic E-state index is -0.429. The van der Waals surface area contributed by atoms with Crippen LogP contribution in [0.25, 0.3) is 0 Å². The van der Waals surface area contributed by atoms with E-state index in [1.165, 1.54) is 12.0 Å². The predicted molar refractivity (Wildman–Crippen MR) is 148 cm³/mol. The third-order valence-corrected chi connectivity index (χ3v) is 9.37. The molecule has 1 spiro atoms. The van der Waals surface area contributed by atoms with E-state index < -0.39 is 6.09 Å². The Kier molecular flexibility index (Phi) is 8.17. The molecule has 1 aliphatic carbocycles. The number of amides is 1. The molecule has 1 aromatic heterocycles. The van der Waals surface area contributed by atoms with Gasteiger partial charge in [0, 0.05) is 26.4 Å². The number of hydrogen-bond donors (Lipinski definition) is 1. The second kappa shape index (κ2) is 11.1. The number of carbonyl (C=O) groups is 1. The van der Waals surface area contributed by atoms with Gasteiger partial charge >= 0.3 is 6.09 Å². The van der Waals surface area contributed by atoms with Crippen molar-refractivity contribution >= 4 is 6.09 Å². The highest BCUT2D eigenvalue weighted by Gasteiger charge is 2.72. The summed E-state index contributed by atoms with van der Waals surface area (Å²) in [5.74, 6) is 0.798. The van der Waals surface area contributed by atoms with Gasteiger partial charge in [-0.3, -0.25) is 0 Å². The van der Waals surface area contributed by atoms with Gasteiger partial charge in [0.15, 0.2) is 0 Å². The molecule has 39 heavy (non-hydrogen) atoms. The topological polar surface area (TPSA) is 93.7 Å². The number of ether oxygens (including phenoxy) is 4. The SMILES string of the molecule is CO[C@@H]1[C@H](OC(=O)N[C@@H](c2cn(C[C@H]3CCN(C)C3)cn2)C(C)C)CC[C@]2(CO2)[C@H]1[C@@]1(C)O[C@@H]1CC=C(C)C. The van der Waals surface area contributed by atoms with E-state index >= 15 is 0 Å². The molecule has 0 radical (unpaired) electrons. The van der Waals surface area contributed by atoms with E-state index in [0.29, 0.717) is 18.9 Å². The molecule has 218 valence electrons. The summed E-state index contributed by atoms with van der Waals surface area (Å²) in [5, 5.41) is 3.11. The molecule has 1 aromatic rings. The summed E-state index contributed by atoms with van der Waals surface area (Å²) < 4.78 is 26.6. The van der Waals surface area contributed by atoms with Crippen LogP contribution in [0.1, 0.15) is 72.0 Å². The molecule has 1 saturated carbocycles. The number of alkyl carbamates (subject to hydrolysis) is 1. The van der Waals surface area contributed by atoms with Crippen molar-refractivity contribution < 1.29 is 23.7 Å². The van der Waals surface area contributed by atoms with Crippen LogP contribution in [0.4, 0.5) is 4.79 Å². The van der Waals surface area contributed by atoms with Crippen molar-refractivity contribution in [2.75, 3.05) is 33.9 Å². The van der Waals surface area contributed by atoms with Gasteiger partial charge in [-0.15, -0.1) is 0 Å². The van der Waals surface area contributed by atoms with Crippen molar-refractivity contribution in [2.45, 2.75) is 102 Å². The maximum Gasteiger partial charge on any atom is 0.408 e. The quantitative estimate of drug-likeness (QED) is 0.346. The second-order valence-corrected chi connectivity index (χ2v) is 13.1. The van der Waals surface area contributed by atoms with Crippen molar-refractivity contribution in [1.29, 1.82) is 0 Å². The van der Waals surface area contributed by atoms with Gasteiger partial charge in [0.25, 0.3) is 0 Å². The number of nitrogens with one attached hydrogen (secondary N) is 1. The summed E-state index contributed by atoms with van der Waals surface area (Å²) in [7, 11) is 3.88. The lowest BCUT2D eigenvalue weighted by molar-refractivity contribution is -0.118. The highest BCUT2D eigenvalue weighted by atomic mass is 16.6. The third kappa shape index (κ3) is 6.06. The normalized spacial score (nSPS) is 36.7. The van der Waals surface area contributed by atoms with E-state index in [-0.39, 0.29) is 47.4 Å². The van der Waals surface area contributed by atoms with Crippen LogP contribution in [-0.4, -0.2) is 83.9 Å². The smallest absolute Gasteiger partial charge is 0.408 e. The van der Waals surface area contributed by atoms with Gasteiger partial charge in [-0.2, -0.15) is 0 Å². The number of epoxide rings is 2.